The fourth-order valence-corrected chi connectivity index (χ4v) is 5.21. The molecule has 0 radical (unpaired) electrons. The standard InChI is InChI=1S/C33H43F3O5/c1-29(2,3)19-24(30(4,5)6)28(37)41-32(9,10)20-31(7,8)39-22-15-16-23(27(18-22)40-33(34,35)36)26-17-21-13-11-12-14-25(21)38-26/h11-18,24H,19-20H2,1-10H3. The van der Waals surface area contributed by atoms with Gasteiger partial charge in [-0.15, -0.1) is 13.2 Å². The summed E-state index contributed by atoms with van der Waals surface area (Å²) in [5, 5.41) is 0.759. The number of rotatable bonds is 9. The molecule has 1 aromatic heterocycles. The molecule has 8 heteroatoms. The number of ether oxygens (including phenoxy) is 3. The van der Waals surface area contributed by atoms with Crippen LogP contribution in [0.3, 0.4) is 0 Å². The molecule has 0 spiro atoms. The minimum absolute atomic E-state index is 0.0613. The number of carbonyl (C=O) groups excluding carboxylic acids is 1. The number of furan rings is 1. The molecule has 0 saturated carbocycles. The van der Waals surface area contributed by atoms with Gasteiger partial charge in [0, 0.05) is 17.9 Å². The Labute approximate surface area is 241 Å². The monoisotopic (exact) mass is 576 g/mol. The normalized spacial score (nSPS) is 14.2. The van der Waals surface area contributed by atoms with Gasteiger partial charge in [0.15, 0.2) is 0 Å². The third-order valence-electron chi connectivity index (χ3n) is 6.64. The van der Waals surface area contributed by atoms with Gasteiger partial charge < -0.3 is 18.6 Å². The van der Waals surface area contributed by atoms with Crippen LogP contribution in [0.1, 0.15) is 82.1 Å². The number of halogens is 3. The number of fused-ring (bicyclic) bond motifs is 1. The number of benzene rings is 2. The predicted molar refractivity (Wildman–Crippen MR) is 155 cm³/mol. The maximum atomic E-state index is 13.4. The molecule has 0 bridgehead atoms. The highest BCUT2D eigenvalue weighted by molar-refractivity contribution is 5.84. The number of carbonyl (C=O) groups is 1. The number of para-hydroxylation sites is 1. The van der Waals surface area contributed by atoms with E-state index >= 15 is 0 Å². The summed E-state index contributed by atoms with van der Waals surface area (Å²) in [6.45, 7) is 19.6. The van der Waals surface area contributed by atoms with Crippen LogP contribution >= 0.6 is 0 Å². The lowest BCUT2D eigenvalue weighted by atomic mass is 9.72. The number of hydrogen-bond donors (Lipinski definition) is 0. The van der Waals surface area contributed by atoms with Crippen LogP contribution in [-0.4, -0.2) is 23.5 Å². The molecule has 1 heterocycles. The molecule has 0 aliphatic carbocycles. The third kappa shape index (κ3) is 9.44. The van der Waals surface area contributed by atoms with Crippen molar-refractivity contribution in [3.63, 3.8) is 0 Å². The smallest absolute Gasteiger partial charge is 0.488 e. The fraction of sp³-hybridized carbons (Fsp3) is 0.545. The van der Waals surface area contributed by atoms with E-state index < -0.39 is 23.3 Å². The molecular weight excluding hydrogens is 533 g/mol. The highest BCUT2D eigenvalue weighted by atomic mass is 19.4. The van der Waals surface area contributed by atoms with E-state index in [4.69, 9.17) is 13.9 Å². The topological polar surface area (TPSA) is 57.9 Å². The second-order valence-electron chi connectivity index (χ2n) is 14.3. The lowest BCUT2D eigenvalue weighted by molar-refractivity contribution is -0.274. The van der Waals surface area contributed by atoms with Crippen molar-refractivity contribution in [1.29, 1.82) is 0 Å². The minimum atomic E-state index is -4.91. The van der Waals surface area contributed by atoms with Crippen LogP contribution in [0, 0.1) is 16.7 Å². The zero-order chi connectivity index (χ0) is 31.0. The molecule has 0 saturated heterocycles. The lowest BCUT2D eigenvalue weighted by Crippen LogP contribution is -2.43. The van der Waals surface area contributed by atoms with Crippen LogP contribution in [0.25, 0.3) is 22.3 Å². The summed E-state index contributed by atoms with van der Waals surface area (Å²) in [4.78, 5) is 13.3. The van der Waals surface area contributed by atoms with E-state index in [0.29, 0.717) is 18.4 Å². The quantitative estimate of drug-likeness (QED) is 0.237. The van der Waals surface area contributed by atoms with Crippen molar-refractivity contribution in [3.8, 4) is 22.8 Å². The Hall–Kier alpha value is -3.16. The molecule has 3 aromatic rings. The molecule has 226 valence electrons. The zero-order valence-corrected chi connectivity index (χ0v) is 25.8. The summed E-state index contributed by atoms with van der Waals surface area (Å²) in [5.74, 6) is -0.599. The van der Waals surface area contributed by atoms with Crippen molar-refractivity contribution >= 4 is 16.9 Å². The van der Waals surface area contributed by atoms with E-state index in [9.17, 15) is 18.0 Å². The van der Waals surface area contributed by atoms with E-state index in [1.807, 2.05) is 46.8 Å². The summed E-state index contributed by atoms with van der Waals surface area (Å²) in [6, 6.07) is 13.1. The zero-order valence-electron chi connectivity index (χ0n) is 25.8. The highest BCUT2D eigenvalue weighted by Gasteiger charge is 2.40. The first-order valence-electron chi connectivity index (χ1n) is 13.8. The number of esters is 1. The molecule has 2 aromatic carbocycles. The Balaban J connectivity index is 1.83. The van der Waals surface area contributed by atoms with E-state index in [1.54, 1.807) is 38.1 Å². The molecule has 3 rings (SSSR count). The van der Waals surface area contributed by atoms with E-state index in [-0.39, 0.29) is 39.8 Å². The van der Waals surface area contributed by atoms with Gasteiger partial charge in [0.2, 0.25) is 0 Å². The van der Waals surface area contributed by atoms with Crippen LogP contribution in [0.5, 0.6) is 11.5 Å². The van der Waals surface area contributed by atoms with Gasteiger partial charge in [-0.3, -0.25) is 4.79 Å². The van der Waals surface area contributed by atoms with Gasteiger partial charge in [-0.1, -0.05) is 59.7 Å². The molecule has 1 unspecified atom stereocenters. The van der Waals surface area contributed by atoms with Gasteiger partial charge in [0.1, 0.15) is 34.0 Å². The van der Waals surface area contributed by atoms with Crippen molar-refractivity contribution < 1.29 is 36.6 Å². The molecule has 5 nitrogen and oxygen atoms in total. The van der Waals surface area contributed by atoms with Crippen LogP contribution in [-0.2, 0) is 9.53 Å². The third-order valence-corrected chi connectivity index (χ3v) is 6.64. The minimum Gasteiger partial charge on any atom is -0.488 e. The molecule has 41 heavy (non-hydrogen) atoms. The first kappa shape index (κ1) is 32.4. The fourth-order valence-electron chi connectivity index (χ4n) is 5.21. The first-order chi connectivity index (χ1) is 18.5. The SMILES string of the molecule is CC(C)(C)CC(C(=O)OC(C)(C)CC(C)(C)Oc1ccc(-c2cc3ccccc3o2)c(OC(F)(F)F)c1)C(C)(C)C. The molecule has 0 amide bonds. The van der Waals surface area contributed by atoms with Crippen LogP contribution in [0.15, 0.2) is 52.9 Å². The summed E-state index contributed by atoms with van der Waals surface area (Å²) in [7, 11) is 0. The van der Waals surface area contributed by atoms with Crippen LogP contribution < -0.4 is 9.47 Å². The summed E-state index contributed by atoms with van der Waals surface area (Å²) in [6.07, 6.45) is -3.95. The summed E-state index contributed by atoms with van der Waals surface area (Å²) >= 11 is 0. The van der Waals surface area contributed by atoms with Crippen molar-refractivity contribution in [2.24, 2.45) is 16.7 Å². The average molecular weight is 577 g/mol. The van der Waals surface area contributed by atoms with E-state index in [2.05, 4.69) is 25.5 Å². The Kier molecular flexibility index (Phi) is 8.88. The molecular formula is C33H43F3O5. The largest absolute Gasteiger partial charge is 0.573 e. The van der Waals surface area contributed by atoms with Gasteiger partial charge in [0.25, 0.3) is 0 Å². The van der Waals surface area contributed by atoms with E-state index in [1.165, 1.54) is 12.1 Å². The Morgan fingerprint density at radius 3 is 2.02 bits per heavy atom. The van der Waals surface area contributed by atoms with Crippen molar-refractivity contribution in [3.05, 3.63) is 48.5 Å². The van der Waals surface area contributed by atoms with Gasteiger partial charge in [-0.2, -0.15) is 0 Å². The van der Waals surface area contributed by atoms with Gasteiger partial charge in [0.05, 0.1) is 11.5 Å². The summed E-state index contributed by atoms with van der Waals surface area (Å²) < 4.78 is 62.5. The second kappa shape index (κ2) is 11.3. The average Bonchev–Trinajstić information content (AvgIpc) is 3.17. The Bertz CT molecular complexity index is 1320. The lowest BCUT2D eigenvalue weighted by Gasteiger charge is -2.39. The van der Waals surface area contributed by atoms with E-state index in [0.717, 1.165) is 5.39 Å². The predicted octanol–water partition coefficient (Wildman–Crippen LogP) is 9.97. The van der Waals surface area contributed by atoms with Crippen LogP contribution in [0.2, 0.25) is 0 Å². The number of alkyl halides is 3. The molecule has 0 aliphatic heterocycles. The Morgan fingerprint density at radius 1 is 0.829 bits per heavy atom. The Morgan fingerprint density at radius 2 is 1.46 bits per heavy atom. The molecule has 0 N–H and O–H groups in total. The van der Waals surface area contributed by atoms with Crippen LogP contribution in [0.4, 0.5) is 13.2 Å². The number of hydrogen-bond acceptors (Lipinski definition) is 5. The van der Waals surface area contributed by atoms with Gasteiger partial charge in [-0.05, 0) is 69.2 Å². The summed E-state index contributed by atoms with van der Waals surface area (Å²) in [5.41, 5.74) is -1.46. The maximum Gasteiger partial charge on any atom is 0.573 e. The highest BCUT2D eigenvalue weighted by Crippen LogP contribution is 2.41. The molecule has 0 aliphatic rings. The van der Waals surface area contributed by atoms with Crippen molar-refractivity contribution in [2.45, 2.75) is 99.6 Å². The van der Waals surface area contributed by atoms with Gasteiger partial charge >= 0.3 is 12.3 Å². The van der Waals surface area contributed by atoms with Crippen molar-refractivity contribution in [2.75, 3.05) is 0 Å². The van der Waals surface area contributed by atoms with Gasteiger partial charge in [-0.25, -0.2) is 0 Å². The van der Waals surface area contributed by atoms with Crippen molar-refractivity contribution in [1.82, 2.24) is 0 Å². The maximum absolute atomic E-state index is 13.4. The first-order valence-corrected chi connectivity index (χ1v) is 13.8. The second-order valence-corrected chi connectivity index (χ2v) is 14.3. The molecule has 0 fully saturated rings. The molecule has 1 atom stereocenters.